The van der Waals surface area contributed by atoms with Crippen LogP contribution in [0.3, 0.4) is 0 Å². The molecule has 3 aliphatic rings. The lowest BCUT2D eigenvalue weighted by atomic mass is 9.89. The maximum atomic E-state index is 13.2. The molecule has 1 amide bonds. The Morgan fingerprint density at radius 2 is 1.69 bits per heavy atom. The molecule has 6 rings (SSSR count). The number of piperidine rings is 1. The van der Waals surface area contributed by atoms with Crippen molar-refractivity contribution in [3.05, 3.63) is 59.8 Å². The first-order valence-electron chi connectivity index (χ1n) is 13.3. The first-order chi connectivity index (χ1) is 17.7. The van der Waals surface area contributed by atoms with Crippen LogP contribution in [-0.4, -0.2) is 67.5 Å². The summed E-state index contributed by atoms with van der Waals surface area (Å²) < 4.78 is 5.50. The fourth-order valence-electron chi connectivity index (χ4n) is 5.59. The summed E-state index contributed by atoms with van der Waals surface area (Å²) in [5, 5.41) is 4.04. The second kappa shape index (κ2) is 10.1. The first kappa shape index (κ1) is 23.3. The molecule has 2 N–H and O–H groups in total. The summed E-state index contributed by atoms with van der Waals surface area (Å²) >= 11 is 0. The number of likely N-dealkylation sites (tertiary alicyclic amines) is 1. The summed E-state index contributed by atoms with van der Waals surface area (Å²) in [5.41, 5.74) is 4.55. The van der Waals surface area contributed by atoms with Crippen molar-refractivity contribution in [1.82, 2.24) is 9.88 Å². The fourth-order valence-corrected chi connectivity index (χ4v) is 5.59. The van der Waals surface area contributed by atoms with Crippen molar-refractivity contribution in [2.75, 3.05) is 56.2 Å². The van der Waals surface area contributed by atoms with Crippen molar-refractivity contribution < 1.29 is 14.3 Å². The van der Waals surface area contributed by atoms with Crippen molar-refractivity contribution in [3.8, 4) is 0 Å². The van der Waals surface area contributed by atoms with E-state index in [-0.39, 0.29) is 17.6 Å². The number of morpholine rings is 1. The molecule has 0 bridgehead atoms. The number of H-pyrrole nitrogens is 1. The highest BCUT2D eigenvalue weighted by atomic mass is 16.5. The van der Waals surface area contributed by atoms with Gasteiger partial charge >= 0.3 is 0 Å². The predicted octanol–water partition coefficient (Wildman–Crippen LogP) is 4.42. The predicted molar refractivity (Wildman–Crippen MR) is 142 cm³/mol. The van der Waals surface area contributed by atoms with Crippen molar-refractivity contribution in [2.24, 2.45) is 5.92 Å². The number of aromatic nitrogens is 1. The minimum Gasteiger partial charge on any atom is -0.378 e. The van der Waals surface area contributed by atoms with Crippen LogP contribution in [0.1, 0.15) is 47.7 Å². The quantitative estimate of drug-likeness (QED) is 0.484. The van der Waals surface area contributed by atoms with Gasteiger partial charge in [-0.05, 0) is 68.5 Å². The second-order valence-electron chi connectivity index (χ2n) is 10.4. The number of rotatable bonds is 7. The summed E-state index contributed by atoms with van der Waals surface area (Å²) in [7, 11) is 0. The van der Waals surface area contributed by atoms with Gasteiger partial charge in [-0.15, -0.1) is 0 Å². The van der Waals surface area contributed by atoms with E-state index in [0.29, 0.717) is 37.1 Å². The van der Waals surface area contributed by atoms with E-state index >= 15 is 0 Å². The Morgan fingerprint density at radius 1 is 0.944 bits per heavy atom. The molecule has 2 aliphatic heterocycles. The molecule has 3 fully saturated rings. The normalized spacial score (nSPS) is 19.5. The Balaban J connectivity index is 1.19. The number of carbonyl (C=O) groups excluding carboxylic acids is 2. The van der Waals surface area contributed by atoms with Crippen LogP contribution >= 0.6 is 0 Å². The van der Waals surface area contributed by atoms with Gasteiger partial charge in [0, 0.05) is 35.6 Å². The summed E-state index contributed by atoms with van der Waals surface area (Å²) in [4.78, 5) is 34.2. The monoisotopic (exact) mass is 486 g/mol. The van der Waals surface area contributed by atoms with Crippen molar-refractivity contribution in [1.29, 1.82) is 0 Å². The average molecular weight is 487 g/mol. The molecule has 1 saturated carbocycles. The summed E-state index contributed by atoms with van der Waals surface area (Å²) in [6.45, 7) is 5.23. The van der Waals surface area contributed by atoms with E-state index in [1.54, 1.807) is 0 Å². The molecule has 36 heavy (non-hydrogen) atoms. The Hall–Kier alpha value is -3.16. The topological polar surface area (TPSA) is 77.7 Å². The molecular formula is C29H34N4O3. The van der Waals surface area contributed by atoms with Gasteiger partial charge in [0.1, 0.15) is 5.69 Å². The Morgan fingerprint density at radius 3 is 2.42 bits per heavy atom. The number of hydrogen-bond donors (Lipinski definition) is 2. The number of nitrogens with one attached hydrogen (secondary N) is 2. The van der Waals surface area contributed by atoms with Crippen LogP contribution in [0.2, 0.25) is 0 Å². The van der Waals surface area contributed by atoms with Gasteiger partial charge in [-0.25, -0.2) is 0 Å². The number of benzene rings is 2. The molecule has 0 unspecified atom stereocenters. The van der Waals surface area contributed by atoms with Crippen LogP contribution in [0, 0.1) is 5.92 Å². The van der Waals surface area contributed by atoms with Gasteiger partial charge in [0.25, 0.3) is 0 Å². The largest absolute Gasteiger partial charge is 0.378 e. The zero-order valence-corrected chi connectivity index (χ0v) is 20.7. The lowest BCUT2D eigenvalue weighted by Crippen LogP contribution is -2.38. The number of fused-ring (bicyclic) bond motifs is 1. The van der Waals surface area contributed by atoms with Crippen molar-refractivity contribution in [2.45, 2.75) is 31.6 Å². The molecule has 0 spiro atoms. The van der Waals surface area contributed by atoms with Crippen molar-refractivity contribution >= 4 is 34.0 Å². The van der Waals surface area contributed by atoms with Crippen LogP contribution in [0.25, 0.3) is 10.9 Å². The zero-order chi connectivity index (χ0) is 24.5. The van der Waals surface area contributed by atoms with E-state index in [0.717, 1.165) is 68.5 Å². The third-order valence-electron chi connectivity index (χ3n) is 7.84. The van der Waals surface area contributed by atoms with Gasteiger partial charge in [0.15, 0.2) is 5.78 Å². The zero-order valence-electron chi connectivity index (χ0n) is 20.7. The number of anilines is 2. The standard InChI is InChI=1S/C29H34N4O3/c34-26(19-32-12-10-21(11-13-32)20-4-2-1-3-5-20)31-27-24-18-23(33-14-16-36-17-15-33)8-9-25(24)30-28(27)29(35)22-6-7-22/h1-5,8-9,18,21-22,30H,6-7,10-17,19H2,(H,31,34). The third kappa shape index (κ3) is 4.90. The maximum Gasteiger partial charge on any atom is 0.238 e. The van der Waals surface area contributed by atoms with E-state index in [9.17, 15) is 9.59 Å². The minimum absolute atomic E-state index is 0.0596. The van der Waals surface area contributed by atoms with Crippen LogP contribution < -0.4 is 10.2 Å². The van der Waals surface area contributed by atoms with Gasteiger partial charge in [0.05, 0.1) is 25.4 Å². The van der Waals surface area contributed by atoms with E-state index in [4.69, 9.17) is 4.74 Å². The number of Topliss-reactive ketones (excluding diaryl/α,β-unsaturated/α-hetero) is 1. The van der Waals surface area contributed by atoms with Gasteiger partial charge < -0.3 is 19.9 Å². The van der Waals surface area contributed by atoms with Crippen molar-refractivity contribution in [3.63, 3.8) is 0 Å². The number of carbonyl (C=O) groups is 2. The number of amides is 1. The molecule has 7 nitrogen and oxygen atoms in total. The fraction of sp³-hybridized carbons (Fsp3) is 0.448. The minimum atomic E-state index is -0.0596. The van der Waals surface area contributed by atoms with Crippen LogP contribution in [0.4, 0.5) is 11.4 Å². The summed E-state index contributed by atoms with van der Waals surface area (Å²) in [5.74, 6) is 0.679. The number of nitrogens with zero attached hydrogens (tertiary/aromatic N) is 2. The number of aromatic amines is 1. The molecule has 1 aliphatic carbocycles. The summed E-state index contributed by atoms with van der Waals surface area (Å²) in [6, 6.07) is 16.9. The van der Waals surface area contributed by atoms with Gasteiger partial charge in [-0.3, -0.25) is 14.5 Å². The second-order valence-corrected chi connectivity index (χ2v) is 10.4. The highest BCUT2D eigenvalue weighted by molar-refractivity contribution is 6.14. The van der Waals surface area contributed by atoms with Crippen LogP contribution in [0.5, 0.6) is 0 Å². The van der Waals surface area contributed by atoms with E-state index in [1.807, 2.05) is 6.07 Å². The molecule has 2 aromatic carbocycles. The van der Waals surface area contributed by atoms with E-state index in [1.165, 1.54) is 5.56 Å². The molecule has 3 aromatic rings. The lowest BCUT2D eigenvalue weighted by Gasteiger charge is -2.31. The number of ketones is 1. The average Bonchev–Trinajstić information content (AvgIpc) is 3.72. The molecule has 3 heterocycles. The molecule has 0 radical (unpaired) electrons. The molecule has 7 heteroatoms. The highest BCUT2D eigenvalue weighted by Crippen LogP contribution is 2.38. The van der Waals surface area contributed by atoms with Crippen LogP contribution in [0.15, 0.2) is 48.5 Å². The highest BCUT2D eigenvalue weighted by Gasteiger charge is 2.34. The molecule has 0 atom stereocenters. The van der Waals surface area contributed by atoms with Gasteiger partial charge in [0.2, 0.25) is 5.91 Å². The lowest BCUT2D eigenvalue weighted by molar-refractivity contribution is -0.117. The molecule has 1 aromatic heterocycles. The molecular weight excluding hydrogens is 452 g/mol. The smallest absolute Gasteiger partial charge is 0.238 e. The van der Waals surface area contributed by atoms with Crippen LogP contribution in [-0.2, 0) is 9.53 Å². The maximum absolute atomic E-state index is 13.2. The Labute approximate surface area is 211 Å². The number of ether oxygens (including phenoxy) is 1. The van der Waals surface area contributed by atoms with E-state index < -0.39 is 0 Å². The third-order valence-corrected chi connectivity index (χ3v) is 7.84. The molecule has 2 saturated heterocycles. The number of hydrogen-bond acceptors (Lipinski definition) is 5. The Kier molecular flexibility index (Phi) is 6.50. The summed E-state index contributed by atoms with van der Waals surface area (Å²) in [6.07, 6.45) is 3.96. The van der Waals surface area contributed by atoms with Gasteiger partial charge in [-0.1, -0.05) is 30.3 Å². The SMILES string of the molecule is O=C(CN1CCC(c2ccccc2)CC1)Nc1c(C(=O)C2CC2)[nH]c2ccc(N3CCOCC3)cc12. The Bertz CT molecular complexity index is 1240. The van der Waals surface area contributed by atoms with Gasteiger partial charge in [-0.2, -0.15) is 0 Å². The van der Waals surface area contributed by atoms with E-state index in [2.05, 4.69) is 62.6 Å². The molecule has 188 valence electrons. The first-order valence-corrected chi connectivity index (χ1v) is 13.3.